The molecule has 2 aliphatic rings. The second kappa shape index (κ2) is 4.59. The summed E-state index contributed by atoms with van der Waals surface area (Å²) in [6, 6.07) is 0.439. The molecule has 0 aromatic rings. The van der Waals surface area contributed by atoms with Crippen molar-refractivity contribution in [2.75, 3.05) is 26.3 Å². The summed E-state index contributed by atoms with van der Waals surface area (Å²) in [5, 5.41) is 0. The third-order valence-electron chi connectivity index (χ3n) is 3.15. The standard InChI is InChI=1S/C12H22FNO2/c1-12(2,3)16-11-4-5-14(6-10(11)13)9-7-15-8-9/h9-11H,4-8H2,1-3H3. The first-order valence-corrected chi connectivity index (χ1v) is 6.09. The number of likely N-dealkylation sites (tertiary alicyclic amines) is 1. The molecule has 0 aromatic heterocycles. The van der Waals surface area contributed by atoms with E-state index >= 15 is 0 Å². The van der Waals surface area contributed by atoms with Gasteiger partial charge in [0.15, 0.2) is 0 Å². The fraction of sp³-hybridized carbons (Fsp3) is 1.00. The van der Waals surface area contributed by atoms with Gasteiger partial charge in [-0.2, -0.15) is 0 Å². The molecule has 0 N–H and O–H groups in total. The highest BCUT2D eigenvalue weighted by Gasteiger charge is 2.37. The summed E-state index contributed by atoms with van der Waals surface area (Å²) in [5.74, 6) is 0. The third-order valence-corrected chi connectivity index (χ3v) is 3.15. The normalized spacial score (nSPS) is 33.8. The molecule has 2 aliphatic heterocycles. The highest BCUT2D eigenvalue weighted by atomic mass is 19.1. The maximum Gasteiger partial charge on any atom is 0.139 e. The molecule has 0 aromatic carbocycles. The predicted octanol–water partition coefficient (Wildman–Crippen LogP) is 1.61. The number of hydrogen-bond donors (Lipinski definition) is 0. The third kappa shape index (κ3) is 2.93. The number of rotatable bonds is 2. The number of halogens is 1. The molecular formula is C12H22FNO2. The molecule has 94 valence electrons. The second-order valence-electron chi connectivity index (χ2n) is 5.76. The van der Waals surface area contributed by atoms with Crippen LogP contribution in [0.3, 0.4) is 0 Å². The summed E-state index contributed by atoms with van der Waals surface area (Å²) >= 11 is 0. The Bertz CT molecular complexity index is 238. The van der Waals surface area contributed by atoms with Crippen molar-refractivity contribution in [1.82, 2.24) is 4.90 Å². The van der Waals surface area contributed by atoms with Gasteiger partial charge in [-0.15, -0.1) is 0 Å². The number of alkyl halides is 1. The molecule has 0 amide bonds. The lowest BCUT2D eigenvalue weighted by atomic mass is 10.0. The van der Waals surface area contributed by atoms with Crippen LogP contribution in [0.5, 0.6) is 0 Å². The average Bonchev–Trinajstić information content (AvgIpc) is 2.04. The van der Waals surface area contributed by atoms with E-state index in [0.29, 0.717) is 12.6 Å². The van der Waals surface area contributed by atoms with Crippen molar-refractivity contribution in [1.29, 1.82) is 0 Å². The van der Waals surface area contributed by atoms with E-state index in [2.05, 4.69) is 4.90 Å². The largest absolute Gasteiger partial charge is 0.378 e. The highest BCUT2D eigenvalue weighted by molar-refractivity contribution is 4.88. The molecule has 2 heterocycles. The molecule has 4 heteroatoms. The van der Waals surface area contributed by atoms with Crippen LogP contribution in [0.25, 0.3) is 0 Å². The molecule has 3 nitrogen and oxygen atoms in total. The minimum absolute atomic E-state index is 0.239. The Morgan fingerprint density at radius 1 is 1.31 bits per heavy atom. The van der Waals surface area contributed by atoms with Crippen LogP contribution >= 0.6 is 0 Å². The summed E-state index contributed by atoms with van der Waals surface area (Å²) < 4.78 is 24.8. The maximum absolute atomic E-state index is 13.9. The molecular weight excluding hydrogens is 209 g/mol. The van der Waals surface area contributed by atoms with Gasteiger partial charge in [-0.3, -0.25) is 4.90 Å². The predicted molar refractivity (Wildman–Crippen MR) is 60.3 cm³/mol. The van der Waals surface area contributed by atoms with E-state index in [0.717, 1.165) is 26.2 Å². The number of nitrogens with zero attached hydrogens (tertiary/aromatic N) is 1. The first kappa shape index (κ1) is 12.3. The zero-order chi connectivity index (χ0) is 11.8. The van der Waals surface area contributed by atoms with E-state index in [-0.39, 0.29) is 11.7 Å². The van der Waals surface area contributed by atoms with Crippen molar-refractivity contribution in [3.8, 4) is 0 Å². The molecule has 2 fully saturated rings. The van der Waals surface area contributed by atoms with Crippen LogP contribution in [0.4, 0.5) is 4.39 Å². The zero-order valence-corrected chi connectivity index (χ0v) is 10.4. The van der Waals surface area contributed by atoms with Crippen LogP contribution in [-0.2, 0) is 9.47 Å². The van der Waals surface area contributed by atoms with Crippen molar-refractivity contribution in [3.05, 3.63) is 0 Å². The first-order chi connectivity index (χ1) is 7.46. The molecule has 0 aliphatic carbocycles. The van der Waals surface area contributed by atoms with E-state index in [9.17, 15) is 4.39 Å². The fourth-order valence-corrected chi connectivity index (χ4v) is 2.26. The van der Waals surface area contributed by atoms with Gasteiger partial charge in [0.2, 0.25) is 0 Å². The van der Waals surface area contributed by atoms with E-state index in [1.807, 2.05) is 20.8 Å². The van der Waals surface area contributed by atoms with Gasteiger partial charge in [0.1, 0.15) is 6.17 Å². The zero-order valence-electron chi connectivity index (χ0n) is 10.4. The van der Waals surface area contributed by atoms with Gasteiger partial charge in [0.25, 0.3) is 0 Å². The molecule has 2 rings (SSSR count). The molecule has 16 heavy (non-hydrogen) atoms. The van der Waals surface area contributed by atoms with Crippen molar-refractivity contribution in [2.45, 2.75) is 51.1 Å². The van der Waals surface area contributed by atoms with E-state index in [1.54, 1.807) is 0 Å². The van der Waals surface area contributed by atoms with Gasteiger partial charge >= 0.3 is 0 Å². The van der Waals surface area contributed by atoms with Crippen LogP contribution in [0.2, 0.25) is 0 Å². The van der Waals surface area contributed by atoms with Gasteiger partial charge in [-0.1, -0.05) is 0 Å². The van der Waals surface area contributed by atoms with Crippen LogP contribution in [-0.4, -0.2) is 55.1 Å². The SMILES string of the molecule is CC(C)(C)OC1CCN(C2COC2)CC1F. The highest BCUT2D eigenvalue weighted by Crippen LogP contribution is 2.25. The summed E-state index contributed by atoms with van der Waals surface area (Å²) in [6.45, 7) is 8.88. The molecule has 0 radical (unpaired) electrons. The Morgan fingerprint density at radius 3 is 2.44 bits per heavy atom. The summed E-state index contributed by atoms with van der Waals surface area (Å²) in [5.41, 5.74) is -0.253. The van der Waals surface area contributed by atoms with Gasteiger partial charge in [0.05, 0.1) is 31.0 Å². The maximum atomic E-state index is 13.9. The second-order valence-corrected chi connectivity index (χ2v) is 5.76. The topological polar surface area (TPSA) is 21.7 Å². The minimum Gasteiger partial charge on any atom is -0.378 e. The van der Waals surface area contributed by atoms with Gasteiger partial charge in [-0.05, 0) is 27.2 Å². The average molecular weight is 231 g/mol. The van der Waals surface area contributed by atoms with E-state index in [1.165, 1.54) is 0 Å². The Hall–Kier alpha value is -0.190. The number of ether oxygens (including phenoxy) is 2. The Morgan fingerprint density at radius 2 is 2.00 bits per heavy atom. The Kier molecular flexibility index (Phi) is 3.52. The van der Waals surface area contributed by atoms with Gasteiger partial charge in [-0.25, -0.2) is 4.39 Å². The molecule has 0 saturated carbocycles. The van der Waals surface area contributed by atoms with Crippen LogP contribution < -0.4 is 0 Å². The minimum atomic E-state index is -0.867. The molecule has 2 unspecified atom stereocenters. The van der Waals surface area contributed by atoms with Crippen molar-refractivity contribution >= 4 is 0 Å². The summed E-state index contributed by atoms with van der Waals surface area (Å²) in [7, 11) is 0. The first-order valence-electron chi connectivity index (χ1n) is 6.09. The quantitative estimate of drug-likeness (QED) is 0.720. The van der Waals surface area contributed by atoms with E-state index < -0.39 is 6.17 Å². The lowest BCUT2D eigenvalue weighted by molar-refractivity contribution is -0.139. The number of piperidine rings is 1. The lowest BCUT2D eigenvalue weighted by Gasteiger charge is -2.43. The van der Waals surface area contributed by atoms with Crippen LogP contribution in [0, 0.1) is 0 Å². The smallest absolute Gasteiger partial charge is 0.139 e. The van der Waals surface area contributed by atoms with Crippen LogP contribution in [0.1, 0.15) is 27.2 Å². The van der Waals surface area contributed by atoms with E-state index in [4.69, 9.17) is 9.47 Å². The molecule has 0 bridgehead atoms. The molecule has 2 saturated heterocycles. The monoisotopic (exact) mass is 231 g/mol. The molecule has 2 atom stereocenters. The Labute approximate surface area is 96.9 Å². The lowest BCUT2D eigenvalue weighted by Crippen LogP contribution is -2.56. The van der Waals surface area contributed by atoms with Gasteiger partial charge < -0.3 is 9.47 Å². The molecule has 0 spiro atoms. The van der Waals surface area contributed by atoms with Crippen molar-refractivity contribution < 1.29 is 13.9 Å². The van der Waals surface area contributed by atoms with Crippen molar-refractivity contribution in [2.24, 2.45) is 0 Å². The summed E-state index contributed by atoms with van der Waals surface area (Å²) in [4.78, 5) is 2.19. The Balaban J connectivity index is 1.82. The fourth-order valence-electron chi connectivity index (χ4n) is 2.26. The summed E-state index contributed by atoms with van der Waals surface area (Å²) in [6.07, 6.45) is -0.319. The van der Waals surface area contributed by atoms with Crippen molar-refractivity contribution in [3.63, 3.8) is 0 Å². The van der Waals surface area contributed by atoms with Crippen LogP contribution in [0.15, 0.2) is 0 Å². The number of hydrogen-bond acceptors (Lipinski definition) is 3. The van der Waals surface area contributed by atoms with Gasteiger partial charge in [0, 0.05) is 13.1 Å².